The molecule has 1 aromatic heterocycles. The van der Waals surface area contributed by atoms with Gasteiger partial charge in [0, 0.05) is 22.3 Å². The lowest BCUT2D eigenvalue weighted by atomic mass is 10.0. The number of halogens is 1. The molecule has 2 aromatic carbocycles. The van der Waals surface area contributed by atoms with Crippen molar-refractivity contribution in [2.75, 3.05) is 0 Å². The van der Waals surface area contributed by atoms with Crippen molar-refractivity contribution in [3.05, 3.63) is 82.0 Å². The summed E-state index contributed by atoms with van der Waals surface area (Å²) in [5.74, 6) is 0.342. The summed E-state index contributed by atoms with van der Waals surface area (Å²) in [6.07, 6.45) is 1.75. The van der Waals surface area contributed by atoms with Crippen LogP contribution in [0.25, 0.3) is 11.3 Å². The highest BCUT2D eigenvalue weighted by atomic mass is 35.5. The van der Waals surface area contributed by atoms with Gasteiger partial charge in [-0.05, 0) is 73.0 Å². The van der Waals surface area contributed by atoms with Crippen LogP contribution in [0.1, 0.15) is 27.0 Å². The Balaban J connectivity index is 1.78. The Bertz CT molecular complexity index is 970. The van der Waals surface area contributed by atoms with Gasteiger partial charge in [-0.25, -0.2) is 0 Å². The molecule has 26 heavy (non-hydrogen) atoms. The van der Waals surface area contributed by atoms with Gasteiger partial charge in [0.05, 0.1) is 5.69 Å². The molecule has 0 bridgehead atoms. The first-order valence-corrected chi connectivity index (χ1v) is 8.56. The van der Waals surface area contributed by atoms with Gasteiger partial charge in [-0.15, -0.1) is 0 Å². The molecule has 0 aliphatic rings. The number of rotatable bonds is 5. The zero-order valence-electron chi connectivity index (χ0n) is 14.6. The summed E-state index contributed by atoms with van der Waals surface area (Å²) in [4.78, 5) is 15.8. The van der Waals surface area contributed by atoms with E-state index in [4.69, 9.17) is 22.1 Å². The summed E-state index contributed by atoms with van der Waals surface area (Å²) in [5, 5.41) is 0.721. The van der Waals surface area contributed by atoms with E-state index in [0.29, 0.717) is 12.2 Å². The van der Waals surface area contributed by atoms with Crippen molar-refractivity contribution in [2.45, 2.75) is 20.5 Å². The molecule has 0 saturated heterocycles. The Labute approximate surface area is 157 Å². The molecule has 0 unspecified atom stereocenters. The monoisotopic (exact) mass is 366 g/mol. The Morgan fingerprint density at radius 2 is 1.88 bits per heavy atom. The number of aromatic nitrogens is 1. The maximum absolute atomic E-state index is 11.4. The number of carbonyl (C=O) groups is 1. The molecule has 0 aliphatic heterocycles. The normalized spacial score (nSPS) is 10.6. The highest BCUT2D eigenvalue weighted by molar-refractivity contribution is 6.31. The third-order valence-corrected chi connectivity index (χ3v) is 4.57. The Hall–Kier alpha value is -2.85. The summed E-state index contributed by atoms with van der Waals surface area (Å²) < 4.78 is 5.85. The molecule has 4 nitrogen and oxygen atoms in total. The third-order valence-electron chi connectivity index (χ3n) is 4.15. The Morgan fingerprint density at radius 3 is 2.58 bits per heavy atom. The maximum atomic E-state index is 11.4. The van der Waals surface area contributed by atoms with Gasteiger partial charge in [0.2, 0.25) is 5.91 Å². The summed E-state index contributed by atoms with van der Waals surface area (Å²) >= 11 is 6.04. The van der Waals surface area contributed by atoms with Crippen LogP contribution < -0.4 is 10.5 Å². The Kier molecular flexibility index (Phi) is 5.24. The van der Waals surface area contributed by atoms with Crippen LogP contribution in [0.3, 0.4) is 0 Å². The number of benzene rings is 2. The standard InChI is InChI=1S/C21H19ClN2O2/c1-13-9-16(3-5-18(13)21(23)25)20-11-15(7-8-24-20)12-26-17-4-6-19(22)14(2)10-17/h3-11H,12H2,1-2H3,(H2,23,25). The van der Waals surface area contributed by atoms with E-state index in [0.717, 1.165) is 38.7 Å². The average Bonchev–Trinajstić information content (AvgIpc) is 2.62. The highest BCUT2D eigenvalue weighted by Crippen LogP contribution is 2.24. The van der Waals surface area contributed by atoms with E-state index in [2.05, 4.69) is 4.98 Å². The van der Waals surface area contributed by atoms with Gasteiger partial charge in [-0.1, -0.05) is 17.7 Å². The lowest BCUT2D eigenvalue weighted by Gasteiger charge is -2.10. The van der Waals surface area contributed by atoms with E-state index in [1.807, 2.05) is 56.3 Å². The number of ether oxygens (including phenoxy) is 1. The minimum absolute atomic E-state index is 0.426. The molecule has 0 atom stereocenters. The van der Waals surface area contributed by atoms with Crippen molar-refractivity contribution >= 4 is 17.5 Å². The molecule has 1 heterocycles. The van der Waals surface area contributed by atoms with E-state index in [9.17, 15) is 4.79 Å². The summed E-state index contributed by atoms with van der Waals surface area (Å²) in [5.41, 5.74) is 10.4. The van der Waals surface area contributed by atoms with Gasteiger partial charge in [-0.3, -0.25) is 9.78 Å². The first kappa shape index (κ1) is 18.0. The van der Waals surface area contributed by atoms with Crippen molar-refractivity contribution in [3.63, 3.8) is 0 Å². The van der Waals surface area contributed by atoms with E-state index in [-0.39, 0.29) is 0 Å². The van der Waals surface area contributed by atoms with Crippen LogP contribution in [0.15, 0.2) is 54.7 Å². The van der Waals surface area contributed by atoms with Crippen LogP contribution in [0.5, 0.6) is 5.75 Å². The van der Waals surface area contributed by atoms with Crippen LogP contribution in [-0.2, 0) is 6.61 Å². The molecule has 3 aromatic rings. The fourth-order valence-corrected chi connectivity index (χ4v) is 2.81. The number of hydrogen-bond donors (Lipinski definition) is 1. The fraction of sp³-hybridized carbons (Fsp3) is 0.143. The second kappa shape index (κ2) is 7.58. The molecule has 0 aliphatic carbocycles. The molecule has 0 spiro atoms. The number of carbonyl (C=O) groups excluding carboxylic acids is 1. The first-order valence-electron chi connectivity index (χ1n) is 8.19. The number of nitrogens with two attached hydrogens (primary N) is 1. The molecule has 0 saturated carbocycles. The molecular weight excluding hydrogens is 348 g/mol. The number of primary amides is 1. The predicted molar refractivity (Wildman–Crippen MR) is 103 cm³/mol. The van der Waals surface area contributed by atoms with E-state index >= 15 is 0 Å². The maximum Gasteiger partial charge on any atom is 0.248 e. The van der Waals surface area contributed by atoms with Crippen molar-refractivity contribution in [3.8, 4) is 17.0 Å². The second-order valence-electron chi connectivity index (χ2n) is 6.14. The quantitative estimate of drug-likeness (QED) is 0.711. The number of hydrogen-bond acceptors (Lipinski definition) is 3. The fourth-order valence-electron chi connectivity index (χ4n) is 2.70. The van der Waals surface area contributed by atoms with Gasteiger partial charge in [0.15, 0.2) is 0 Å². The third kappa shape index (κ3) is 4.03. The molecule has 2 N–H and O–H groups in total. The van der Waals surface area contributed by atoms with Gasteiger partial charge < -0.3 is 10.5 Å². The second-order valence-corrected chi connectivity index (χ2v) is 6.55. The molecule has 3 rings (SSSR count). The van der Waals surface area contributed by atoms with Gasteiger partial charge >= 0.3 is 0 Å². The summed E-state index contributed by atoms with van der Waals surface area (Å²) in [6, 6.07) is 15.0. The van der Waals surface area contributed by atoms with Crippen molar-refractivity contribution < 1.29 is 9.53 Å². The molecule has 0 radical (unpaired) electrons. The number of pyridine rings is 1. The van der Waals surface area contributed by atoms with Crippen LogP contribution in [0.4, 0.5) is 0 Å². The van der Waals surface area contributed by atoms with Gasteiger partial charge in [0.25, 0.3) is 0 Å². The molecule has 0 fully saturated rings. The minimum Gasteiger partial charge on any atom is -0.489 e. The number of amides is 1. The number of nitrogens with zero attached hydrogens (tertiary/aromatic N) is 1. The van der Waals surface area contributed by atoms with E-state index < -0.39 is 5.91 Å². The average molecular weight is 367 g/mol. The zero-order valence-corrected chi connectivity index (χ0v) is 15.4. The number of aryl methyl sites for hydroxylation is 2. The molecule has 132 valence electrons. The summed E-state index contributed by atoms with van der Waals surface area (Å²) in [6.45, 7) is 4.23. The van der Waals surface area contributed by atoms with Crippen LogP contribution in [-0.4, -0.2) is 10.9 Å². The SMILES string of the molecule is Cc1cc(OCc2ccnc(-c3ccc(C(N)=O)c(C)c3)c2)ccc1Cl. The molecular formula is C21H19ClN2O2. The van der Waals surface area contributed by atoms with Crippen molar-refractivity contribution in [1.82, 2.24) is 4.98 Å². The summed E-state index contributed by atoms with van der Waals surface area (Å²) in [7, 11) is 0. The lowest BCUT2D eigenvalue weighted by molar-refractivity contribution is 0.0999. The Morgan fingerprint density at radius 1 is 1.08 bits per heavy atom. The van der Waals surface area contributed by atoms with Crippen LogP contribution >= 0.6 is 11.6 Å². The van der Waals surface area contributed by atoms with Gasteiger partial charge in [-0.2, -0.15) is 0 Å². The van der Waals surface area contributed by atoms with Crippen molar-refractivity contribution in [2.24, 2.45) is 5.73 Å². The van der Waals surface area contributed by atoms with Crippen LogP contribution in [0, 0.1) is 13.8 Å². The van der Waals surface area contributed by atoms with Crippen LogP contribution in [0.2, 0.25) is 5.02 Å². The van der Waals surface area contributed by atoms with Gasteiger partial charge in [0.1, 0.15) is 12.4 Å². The van der Waals surface area contributed by atoms with E-state index in [1.54, 1.807) is 12.3 Å². The smallest absolute Gasteiger partial charge is 0.248 e. The topological polar surface area (TPSA) is 65.2 Å². The lowest BCUT2D eigenvalue weighted by Crippen LogP contribution is -2.12. The molecule has 5 heteroatoms. The largest absolute Gasteiger partial charge is 0.489 e. The first-order chi connectivity index (χ1) is 12.4. The predicted octanol–water partition coefficient (Wildman–Crippen LogP) is 4.70. The van der Waals surface area contributed by atoms with E-state index in [1.165, 1.54) is 0 Å². The van der Waals surface area contributed by atoms with Crippen molar-refractivity contribution in [1.29, 1.82) is 0 Å². The highest BCUT2D eigenvalue weighted by Gasteiger charge is 2.08. The molecule has 1 amide bonds. The zero-order chi connectivity index (χ0) is 18.7. The minimum atomic E-state index is -0.428.